The molecule has 1 aromatic carbocycles. The third kappa shape index (κ3) is 2.72. The molecular weight excluding hydrogens is 280 g/mol. The van der Waals surface area contributed by atoms with E-state index in [0.29, 0.717) is 31.7 Å². The van der Waals surface area contributed by atoms with Gasteiger partial charge < -0.3 is 9.80 Å². The molecule has 3 rings (SSSR count). The van der Waals surface area contributed by atoms with Crippen LogP contribution in [0.1, 0.15) is 17.3 Å². The highest BCUT2D eigenvalue weighted by Gasteiger charge is 2.24. The van der Waals surface area contributed by atoms with E-state index >= 15 is 0 Å². The monoisotopic (exact) mass is 298 g/mol. The molecule has 1 aliphatic heterocycles. The van der Waals surface area contributed by atoms with Crippen molar-refractivity contribution in [1.29, 1.82) is 0 Å². The highest BCUT2D eigenvalue weighted by atomic mass is 16.2. The van der Waals surface area contributed by atoms with Gasteiger partial charge in [0.2, 0.25) is 5.91 Å². The Morgan fingerprint density at radius 2 is 1.68 bits per heavy atom. The zero-order chi connectivity index (χ0) is 15.5. The van der Waals surface area contributed by atoms with Crippen molar-refractivity contribution >= 4 is 11.8 Å². The minimum absolute atomic E-state index is 0.0192. The predicted molar refractivity (Wildman–Crippen MR) is 81.7 cm³/mol. The Kier molecular flexibility index (Phi) is 3.91. The van der Waals surface area contributed by atoms with Crippen molar-refractivity contribution in [3.8, 4) is 5.69 Å². The van der Waals surface area contributed by atoms with Crippen LogP contribution >= 0.6 is 0 Å². The van der Waals surface area contributed by atoms with Crippen LogP contribution in [0.15, 0.2) is 42.7 Å². The number of benzene rings is 1. The van der Waals surface area contributed by atoms with E-state index in [0.717, 1.165) is 5.69 Å². The molecule has 1 saturated heterocycles. The number of carbonyl (C=O) groups excluding carboxylic acids is 2. The van der Waals surface area contributed by atoms with Crippen molar-refractivity contribution in [3.05, 3.63) is 48.3 Å². The molecule has 0 radical (unpaired) electrons. The van der Waals surface area contributed by atoms with Crippen molar-refractivity contribution < 1.29 is 9.59 Å². The molecule has 0 bridgehead atoms. The molecule has 2 heterocycles. The predicted octanol–water partition coefficient (Wildman–Crippen LogP) is 1.18. The minimum Gasteiger partial charge on any atom is -0.339 e. The van der Waals surface area contributed by atoms with Crippen LogP contribution in [0.25, 0.3) is 5.69 Å². The molecule has 0 N–H and O–H groups in total. The molecule has 6 nitrogen and oxygen atoms in total. The van der Waals surface area contributed by atoms with Crippen LogP contribution in [0.4, 0.5) is 0 Å². The van der Waals surface area contributed by atoms with Crippen LogP contribution in [0, 0.1) is 0 Å². The molecule has 1 fully saturated rings. The highest BCUT2D eigenvalue weighted by Crippen LogP contribution is 2.17. The topological polar surface area (TPSA) is 58.4 Å². The van der Waals surface area contributed by atoms with Crippen LogP contribution in [0.3, 0.4) is 0 Å². The number of aromatic nitrogens is 2. The SMILES string of the molecule is CC(=O)N1CCN(C(=O)c2ccccc2-n2cccn2)CC1. The Balaban J connectivity index is 1.81. The van der Waals surface area contributed by atoms with Crippen molar-refractivity contribution in [1.82, 2.24) is 19.6 Å². The summed E-state index contributed by atoms with van der Waals surface area (Å²) >= 11 is 0. The van der Waals surface area contributed by atoms with Gasteiger partial charge in [-0.25, -0.2) is 4.68 Å². The summed E-state index contributed by atoms with van der Waals surface area (Å²) in [4.78, 5) is 27.7. The lowest BCUT2D eigenvalue weighted by atomic mass is 10.1. The molecule has 0 spiro atoms. The summed E-state index contributed by atoms with van der Waals surface area (Å²) in [6, 6.07) is 9.27. The third-order valence-electron chi connectivity index (χ3n) is 3.90. The molecular formula is C16H18N4O2. The van der Waals surface area contributed by atoms with E-state index in [1.54, 1.807) is 27.6 Å². The molecule has 114 valence electrons. The average Bonchev–Trinajstić information content (AvgIpc) is 3.08. The summed E-state index contributed by atoms with van der Waals surface area (Å²) in [5, 5.41) is 4.20. The van der Waals surface area contributed by atoms with Gasteiger partial charge in [-0.05, 0) is 18.2 Å². The second kappa shape index (κ2) is 6.01. The maximum Gasteiger partial charge on any atom is 0.256 e. The highest BCUT2D eigenvalue weighted by molar-refractivity contribution is 5.97. The zero-order valence-electron chi connectivity index (χ0n) is 12.5. The standard InChI is InChI=1S/C16H18N4O2/c1-13(21)18-9-11-19(12-10-18)16(22)14-5-2-3-6-15(14)20-8-4-7-17-20/h2-8H,9-12H2,1H3. The Morgan fingerprint density at radius 1 is 1.00 bits per heavy atom. The quantitative estimate of drug-likeness (QED) is 0.836. The third-order valence-corrected chi connectivity index (χ3v) is 3.90. The molecule has 2 aromatic rings. The maximum atomic E-state index is 12.8. The van der Waals surface area contributed by atoms with E-state index in [2.05, 4.69) is 5.10 Å². The van der Waals surface area contributed by atoms with Crippen LogP contribution < -0.4 is 0 Å². The van der Waals surface area contributed by atoms with Gasteiger partial charge in [0.1, 0.15) is 0 Å². The Bertz CT molecular complexity index is 673. The smallest absolute Gasteiger partial charge is 0.256 e. The van der Waals surface area contributed by atoms with Gasteiger partial charge >= 0.3 is 0 Å². The van der Waals surface area contributed by atoms with Gasteiger partial charge in [0, 0.05) is 45.5 Å². The largest absolute Gasteiger partial charge is 0.339 e. The van der Waals surface area contributed by atoms with Gasteiger partial charge in [-0.2, -0.15) is 5.10 Å². The second-order valence-corrected chi connectivity index (χ2v) is 5.27. The molecule has 0 unspecified atom stereocenters. The van der Waals surface area contributed by atoms with E-state index < -0.39 is 0 Å². The molecule has 1 aromatic heterocycles. The first kappa shape index (κ1) is 14.3. The van der Waals surface area contributed by atoms with Crippen LogP contribution in [0.2, 0.25) is 0 Å². The van der Waals surface area contributed by atoms with E-state index in [1.807, 2.05) is 36.5 Å². The van der Waals surface area contributed by atoms with Crippen molar-refractivity contribution in [2.75, 3.05) is 26.2 Å². The number of amides is 2. The molecule has 0 saturated carbocycles. The van der Waals surface area contributed by atoms with Gasteiger partial charge in [-0.3, -0.25) is 9.59 Å². The Hall–Kier alpha value is -2.63. The number of para-hydroxylation sites is 1. The molecule has 6 heteroatoms. The van der Waals surface area contributed by atoms with Crippen molar-refractivity contribution in [3.63, 3.8) is 0 Å². The van der Waals surface area contributed by atoms with E-state index in [4.69, 9.17) is 0 Å². The van der Waals surface area contributed by atoms with Gasteiger partial charge in [0.15, 0.2) is 0 Å². The first-order valence-electron chi connectivity index (χ1n) is 7.30. The van der Waals surface area contributed by atoms with Crippen LogP contribution in [-0.4, -0.2) is 57.6 Å². The van der Waals surface area contributed by atoms with Crippen LogP contribution in [0.5, 0.6) is 0 Å². The fourth-order valence-corrected chi connectivity index (χ4v) is 2.66. The molecule has 0 atom stereocenters. The second-order valence-electron chi connectivity index (χ2n) is 5.27. The van der Waals surface area contributed by atoms with E-state index in [-0.39, 0.29) is 11.8 Å². The lowest BCUT2D eigenvalue weighted by Crippen LogP contribution is -2.50. The normalized spacial score (nSPS) is 15.0. The first-order chi connectivity index (χ1) is 10.7. The number of carbonyl (C=O) groups is 2. The average molecular weight is 298 g/mol. The van der Waals surface area contributed by atoms with Gasteiger partial charge in [-0.15, -0.1) is 0 Å². The lowest BCUT2D eigenvalue weighted by molar-refractivity contribution is -0.130. The molecule has 22 heavy (non-hydrogen) atoms. The van der Waals surface area contributed by atoms with Gasteiger partial charge in [-0.1, -0.05) is 12.1 Å². The van der Waals surface area contributed by atoms with Crippen molar-refractivity contribution in [2.45, 2.75) is 6.92 Å². The summed E-state index contributed by atoms with van der Waals surface area (Å²) in [5.74, 6) is 0.0401. The van der Waals surface area contributed by atoms with Gasteiger partial charge in [0.05, 0.1) is 11.3 Å². The fraction of sp³-hybridized carbons (Fsp3) is 0.312. The number of nitrogens with zero attached hydrogens (tertiary/aromatic N) is 4. The molecule has 2 amide bonds. The minimum atomic E-state index is -0.0192. The number of rotatable bonds is 2. The number of hydrogen-bond acceptors (Lipinski definition) is 3. The van der Waals surface area contributed by atoms with Crippen LogP contribution in [-0.2, 0) is 4.79 Å². The summed E-state index contributed by atoms with van der Waals surface area (Å²) in [6.07, 6.45) is 3.51. The summed E-state index contributed by atoms with van der Waals surface area (Å²) in [5.41, 5.74) is 1.40. The first-order valence-corrected chi connectivity index (χ1v) is 7.30. The Morgan fingerprint density at radius 3 is 2.32 bits per heavy atom. The van der Waals surface area contributed by atoms with E-state index in [9.17, 15) is 9.59 Å². The number of hydrogen-bond donors (Lipinski definition) is 0. The summed E-state index contributed by atoms with van der Waals surface area (Å²) in [6.45, 7) is 3.86. The molecule has 1 aliphatic rings. The molecule has 0 aliphatic carbocycles. The lowest BCUT2D eigenvalue weighted by Gasteiger charge is -2.34. The summed E-state index contributed by atoms with van der Waals surface area (Å²) in [7, 11) is 0. The zero-order valence-corrected chi connectivity index (χ0v) is 12.5. The maximum absolute atomic E-state index is 12.8. The van der Waals surface area contributed by atoms with Crippen molar-refractivity contribution in [2.24, 2.45) is 0 Å². The fourth-order valence-electron chi connectivity index (χ4n) is 2.66. The van der Waals surface area contributed by atoms with Gasteiger partial charge in [0.25, 0.3) is 5.91 Å². The summed E-state index contributed by atoms with van der Waals surface area (Å²) < 4.78 is 1.69. The number of piperazine rings is 1. The van der Waals surface area contributed by atoms with E-state index in [1.165, 1.54) is 0 Å². The Labute approximate surface area is 128 Å².